The highest BCUT2D eigenvalue weighted by molar-refractivity contribution is 4.63. The van der Waals surface area contributed by atoms with E-state index >= 15 is 0 Å². The summed E-state index contributed by atoms with van der Waals surface area (Å²) in [5.74, 6) is 0. The monoisotopic (exact) mass is 218 g/mol. The number of rotatable bonds is 10. The zero-order valence-electron chi connectivity index (χ0n) is 10.6. The van der Waals surface area contributed by atoms with Crippen molar-refractivity contribution in [3.05, 3.63) is 0 Å². The first-order valence-electron chi connectivity index (χ1n) is 5.61. The molecule has 1 N–H and O–H groups in total. The van der Waals surface area contributed by atoms with E-state index in [9.17, 15) is 0 Å². The zero-order valence-corrected chi connectivity index (χ0v) is 10.6. The van der Waals surface area contributed by atoms with E-state index in [0.29, 0.717) is 6.04 Å². The van der Waals surface area contributed by atoms with Gasteiger partial charge in [0.25, 0.3) is 0 Å². The first-order chi connectivity index (χ1) is 7.22. The van der Waals surface area contributed by atoms with Crippen molar-refractivity contribution >= 4 is 0 Å². The largest absolute Gasteiger partial charge is 0.385 e. The molecule has 15 heavy (non-hydrogen) atoms. The molecule has 4 heteroatoms. The van der Waals surface area contributed by atoms with Gasteiger partial charge < -0.3 is 19.7 Å². The summed E-state index contributed by atoms with van der Waals surface area (Å²) >= 11 is 0. The molecule has 4 nitrogen and oxygen atoms in total. The van der Waals surface area contributed by atoms with Gasteiger partial charge >= 0.3 is 0 Å². The molecule has 0 aromatic rings. The molecule has 0 saturated carbocycles. The summed E-state index contributed by atoms with van der Waals surface area (Å²) in [4.78, 5) is 2.30. The minimum atomic E-state index is 0.482. The topological polar surface area (TPSA) is 33.7 Å². The Bertz CT molecular complexity index is 134. The van der Waals surface area contributed by atoms with Crippen LogP contribution in [-0.4, -0.2) is 65.1 Å². The second kappa shape index (κ2) is 10.4. The number of hydrogen-bond acceptors (Lipinski definition) is 4. The van der Waals surface area contributed by atoms with Gasteiger partial charge in [-0.2, -0.15) is 0 Å². The van der Waals surface area contributed by atoms with Gasteiger partial charge in [0.2, 0.25) is 0 Å². The average Bonchev–Trinajstić information content (AvgIpc) is 2.23. The highest BCUT2D eigenvalue weighted by Crippen LogP contribution is 1.94. The SMILES string of the molecule is COCCCNCCN(C)C(C)COC. The van der Waals surface area contributed by atoms with Crippen molar-refractivity contribution in [2.75, 3.05) is 54.1 Å². The lowest BCUT2D eigenvalue weighted by atomic mass is 10.3. The van der Waals surface area contributed by atoms with Crippen LogP contribution in [0.2, 0.25) is 0 Å². The third-order valence-electron chi connectivity index (χ3n) is 2.50. The van der Waals surface area contributed by atoms with Crippen molar-refractivity contribution in [3.63, 3.8) is 0 Å². The van der Waals surface area contributed by atoms with Crippen LogP contribution in [0.1, 0.15) is 13.3 Å². The quantitative estimate of drug-likeness (QED) is 0.544. The lowest BCUT2D eigenvalue weighted by Gasteiger charge is -2.23. The molecule has 1 atom stereocenters. The lowest BCUT2D eigenvalue weighted by Crippen LogP contribution is -2.37. The van der Waals surface area contributed by atoms with Crippen LogP contribution < -0.4 is 5.32 Å². The molecule has 0 amide bonds. The van der Waals surface area contributed by atoms with Crippen LogP contribution >= 0.6 is 0 Å². The van der Waals surface area contributed by atoms with Gasteiger partial charge in [-0.1, -0.05) is 0 Å². The Morgan fingerprint density at radius 3 is 2.53 bits per heavy atom. The Morgan fingerprint density at radius 2 is 1.93 bits per heavy atom. The first-order valence-corrected chi connectivity index (χ1v) is 5.61. The number of ether oxygens (including phenoxy) is 2. The molecule has 0 spiro atoms. The van der Waals surface area contributed by atoms with Gasteiger partial charge in [0.05, 0.1) is 6.61 Å². The maximum Gasteiger partial charge on any atom is 0.0615 e. The predicted molar refractivity (Wildman–Crippen MR) is 63.3 cm³/mol. The molecule has 0 aromatic carbocycles. The number of nitrogens with one attached hydrogen (secondary N) is 1. The number of likely N-dealkylation sites (N-methyl/N-ethyl adjacent to an activating group) is 1. The summed E-state index contributed by atoms with van der Waals surface area (Å²) in [6, 6.07) is 0.482. The van der Waals surface area contributed by atoms with E-state index in [-0.39, 0.29) is 0 Å². The third kappa shape index (κ3) is 8.81. The van der Waals surface area contributed by atoms with Gasteiger partial charge in [-0.15, -0.1) is 0 Å². The average molecular weight is 218 g/mol. The molecule has 0 radical (unpaired) electrons. The van der Waals surface area contributed by atoms with Gasteiger partial charge in [-0.25, -0.2) is 0 Å². The van der Waals surface area contributed by atoms with Crippen LogP contribution in [0.3, 0.4) is 0 Å². The van der Waals surface area contributed by atoms with Crippen LogP contribution in [-0.2, 0) is 9.47 Å². The molecule has 0 rings (SSSR count). The lowest BCUT2D eigenvalue weighted by molar-refractivity contribution is 0.116. The Balaban J connectivity index is 3.26. The van der Waals surface area contributed by atoms with Gasteiger partial charge in [-0.3, -0.25) is 0 Å². The third-order valence-corrected chi connectivity index (χ3v) is 2.50. The van der Waals surface area contributed by atoms with Gasteiger partial charge in [0, 0.05) is 40.0 Å². The molecular formula is C11H26N2O2. The number of methoxy groups -OCH3 is 2. The predicted octanol–water partition coefficient (Wildman–Crippen LogP) is 0.579. The van der Waals surface area contributed by atoms with Crippen LogP contribution in [0.25, 0.3) is 0 Å². The van der Waals surface area contributed by atoms with Crippen molar-refractivity contribution in [1.82, 2.24) is 10.2 Å². The standard InChI is InChI=1S/C11H26N2O2/c1-11(10-15-4)13(2)8-7-12-6-5-9-14-3/h11-12H,5-10H2,1-4H3. The Labute approximate surface area is 93.9 Å². The number of nitrogens with zero attached hydrogens (tertiary/aromatic N) is 1. The summed E-state index contributed by atoms with van der Waals surface area (Å²) in [5.41, 5.74) is 0. The zero-order chi connectivity index (χ0) is 11.5. The summed E-state index contributed by atoms with van der Waals surface area (Å²) in [5, 5.41) is 3.39. The summed E-state index contributed by atoms with van der Waals surface area (Å²) in [6.07, 6.45) is 1.08. The van der Waals surface area contributed by atoms with E-state index in [4.69, 9.17) is 9.47 Å². The van der Waals surface area contributed by atoms with Crippen LogP contribution in [0.4, 0.5) is 0 Å². The molecule has 0 bridgehead atoms. The Kier molecular flexibility index (Phi) is 10.3. The minimum absolute atomic E-state index is 0.482. The highest BCUT2D eigenvalue weighted by Gasteiger charge is 2.07. The van der Waals surface area contributed by atoms with E-state index in [1.807, 2.05) is 0 Å². The molecule has 1 unspecified atom stereocenters. The molecule has 0 saturated heterocycles. The van der Waals surface area contributed by atoms with Gasteiger partial charge in [-0.05, 0) is 26.9 Å². The van der Waals surface area contributed by atoms with Crippen LogP contribution in [0.5, 0.6) is 0 Å². The summed E-state index contributed by atoms with van der Waals surface area (Å²) in [7, 11) is 5.61. The first kappa shape index (κ1) is 14.8. The fourth-order valence-corrected chi connectivity index (χ4v) is 1.31. The minimum Gasteiger partial charge on any atom is -0.385 e. The van der Waals surface area contributed by atoms with Crippen molar-refractivity contribution in [2.45, 2.75) is 19.4 Å². The van der Waals surface area contributed by atoms with Crippen molar-refractivity contribution < 1.29 is 9.47 Å². The molecule has 0 fully saturated rings. The van der Waals surface area contributed by atoms with Crippen molar-refractivity contribution in [1.29, 1.82) is 0 Å². The summed E-state index contributed by atoms with van der Waals surface area (Å²) < 4.78 is 10.1. The Morgan fingerprint density at radius 1 is 1.20 bits per heavy atom. The normalized spacial score (nSPS) is 13.4. The molecule has 0 heterocycles. The second-order valence-corrected chi connectivity index (χ2v) is 3.88. The van der Waals surface area contributed by atoms with Gasteiger partial charge in [0.15, 0.2) is 0 Å². The molecule has 92 valence electrons. The van der Waals surface area contributed by atoms with E-state index in [1.165, 1.54) is 0 Å². The summed E-state index contributed by atoms with van der Waals surface area (Å²) in [6.45, 7) is 6.91. The maximum atomic E-state index is 5.11. The van der Waals surface area contributed by atoms with E-state index in [0.717, 1.165) is 39.3 Å². The van der Waals surface area contributed by atoms with Crippen molar-refractivity contribution in [3.8, 4) is 0 Å². The van der Waals surface area contributed by atoms with Crippen LogP contribution in [0.15, 0.2) is 0 Å². The fraction of sp³-hybridized carbons (Fsp3) is 1.00. The Hall–Kier alpha value is -0.160. The number of hydrogen-bond donors (Lipinski definition) is 1. The fourth-order valence-electron chi connectivity index (χ4n) is 1.31. The highest BCUT2D eigenvalue weighted by atomic mass is 16.5. The maximum absolute atomic E-state index is 5.11. The van der Waals surface area contributed by atoms with E-state index in [1.54, 1.807) is 14.2 Å². The van der Waals surface area contributed by atoms with Gasteiger partial charge in [0.1, 0.15) is 0 Å². The smallest absolute Gasteiger partial charge is 0.0615 e. The van der Waals surface area contributed by atoms with Crippen LogP contribution in [0, 0.1) is 0 Å². The molecule has 0 aromatic heterocycles. The molecule has 0 aliphatic carbocycles. The van der Waals surface area contributed by atoms with Crippen molar-refractivity contribution in [2.24, 2.45) is 0 Å². The second-order valence-electron chi connectivity index (χ2n) is 3.88. The molecular weight excluding hydrogens is 192 g/mol. The molecule has 0 aliphatic heterocycles. The van der Waals surface area contributed by atoms with E-state index in [2.05, 4.69) is 24.2 Å². The van der Waals surface area contributed by atoms with E-state index < -0.39 is 0 Å². The molecule has 0 aliphatic rings.